The highest BCUT2D eigenvalue weighted by Gasteiger charge is 2.46. The van der Waals surface area contributed by atoms with Crippen LogP contribution in [0.25, 0.3) is 22.4 Å². The Hall–Kier alpha value is -6.15. The van der Waals surface area contributed by atoms with Gasteiger partial charge in [-0.3, -0.25) is 39.0 Å². The summed E-state index contributed by atoms with van der Waals surface area (Å²) in [5, 5.41) is 8.95. The molecule has 61 heavy (non-hydrogen) atoms. The van der Waals surface area contributed by atoms with Crippen molar-refractivity contribution in [3.8, 4) is 28.1 Å². The number of piperidine rings is 2. The summed E-state index contributed by atoms with van der Waals surface area (Å²) in [6.45, 7) is 1.53. The zero-order valence-electron chi connectivity index (χ0n) is 34.0. The van der Waals surface area contributed by atoms with Crippen molar-refractivity contribution in [2.75, 3.05) is 31.6 Å². The normalized spacial score (nSPS) is 16.6. The fraction of sp³-hybridized carbons (Fsp3) is 0.391. The fourth-order valence-corrected chi connectivity index (χ4v) is 8.24. The number of unbranched alkanes of at least 4 members (excludes halogenated alkanes) is 6. The topological polar surface area (TPSA) is 180 Å². The lowest BCUT2D eigenvalue weighted by Gasteiger charge is -2.32. The average Bonchev–Trinajstić information content (AvgIpc) is 3.53. The molecule has 2 fully saturated rings. The summed E-state index contributed by atoms with van der Waals surface area (Å²) in [5.41, 5.74) is 3.89. The van der Waals surface area contributed by atoms with Crippen LogP contribution in [0.5, 0.6) is 5.75 Å². The number of halogens is 1. The van der Waals surface area contributed by atoms with E-state index in [1.54, 1.807) is 12.3 Å². The van der Waals surface area contributed by atoms with Gasteiger partial charge in [-0.2, -0.15) is 0 Å². The molecule has 2 saturated heterocycles. The highest BCUT2D eigenvalue weighted by atomic mass is 35.5. The van der Waals surface area contributed by atoms with Crippen molar-refractivity contribution >= 4 is 53.0 Å². The van der Waals surface area contributed by atoms with Crippen LogP contribution in [0.4, 0.5) is 5.95 Å². The van der Waals surface area contributed by atoms with Gasteiger partial charge in [0.05, 0.1) is 28.0 Å². The molecule has 1 unspecified atom stereocenters. The van der Waals surface area contributed by atoms with Crippen LogP contribution in [0.15, 0.2) is 79.0 Å². The average molecular weight is 848 g/mol. The molecule has 1 atom stereocenters. The number of hydrogen-bond donors (Lipinski definition) is 3. The maximum absolute atomic E-state index is 13.2. The van der Waals surface area contributed by atoms with Crippen LogP contribution in [0.1, 0.15) is 97.8 Å². The number of benzene rings is 3. The van der Waals surface area contributed by atoms with Crippen LogP contribution in [-0.2, 0) is 19.2 Å². The quantitative estimate of drug-likeness (QED) is 0.0731. The standard InChI is InChI=1S/C46H50ClN7O7/c47-35-28-49-46(52-42(35)32-16-11-15-31(27-32)30-13-7-6-8-14-30)50-33-22-25-53(26-23-33)40(57)19-9-4-2-1-3-5-10-24-48-39(56)29-61-37-18-12-17-34-41(37)45(60)54(44(34)59)36-20-21-38(55)51-43(36)58/h6-8,11-18,27-28,33,36H,1-5,9-10,19-26,29H2,(H,48,56)(H,49,50,52)(H,51,55,58). The number of fused-ring (bicyclic) bond motifs is 1. The van der Waals surface area contributed by atoms with Crippen molar-refractivity contribution in [3.05, 3.63) is 95.1 Å². The monoisotopic (exact) mass is 847 g/mol. The minimum Gasteiger partial charge on any atom is -0.483 e. The fourth-order valence-electron chi connectivity index (χ4n) is 8.04. The van der Waals surface area contributed by atoms with E-state index in [0.29, 0.717) is 42.7 Å². The van der Waals surface area contributed by atoms with E-state index in [1.807, 2.05) is 35.2 Å². The van der Waals surface area contributed by atoms with E-state index in [9.17, 15) is 28.8 Å². The predicted molar refractivity (Wildman–Crippen MR) is 230 cm³/mol. The summed E-state index contributed by atoms with van der Waals surface area (Å²) < 4.78 is 5.65. The molecule has 6 amide bonds. The molecule has 14 nitrogen and oxygen atoms in total. The van der Waals surface area contributed by atoms with Gasteiger partial charge >= 0.3 is 0 Å². The highest BCUT2D eigenvalue weighted by molar-refractivity contribution is 6.33. The van der Waals surface area contributed by atoms with Gasteiger partial charge in [-0.1, -0.05) is 98.3 Å². The van der Waals surface area contributed by atoms with Gasteiger partial charge in [0.15, 0.2) is 6.61 Å². The summed E-state index contributed by atoms with van der Waals surface area (Å²) in [6, 6.07) is 21.9. The van der Waals surface area contributed by atoms with Crippen molar-refractivity contribution in [2.45, 2.75) is 89.1 Å². The van der Waals surface area contributed by atoms with E-state index in [0.717, 1.165) is 79.4 Å². The Balaban J connectivity index is 0.731. The molecule has 3 aromatic carbocycles. The zero-order chi connectivity index (χ0) is 42.7. The number of amides is 6. The lowest BCUT2D eigenvalue weighted by atomic mass is 10.0. The first-order valence-corrected chi connectivity index (χ1v) is 21.5. The van der Waals surface area contributed by atoms with E-state index in [4.69, 9.17) is 21.3 Å². The third kappa shape index (κ3) is 10.8. The first-order chi connectivity index (χ1) is 29.7. The van der Waals surface area contributed by atoms with Crippen molar-refractivity contribution in [3.63, 3.8) is 0 Å². The molecule has 4 aromatic rings. The van der Waals surface area contributed by atoms with Gasteiger partial charge in [-0.25, -0.2) is 9.97 Å². The number of imide groups is 2. The molecular weight excluding hydrogens is 798 g/mol. The number of carbonyl (C=O) groups is 6. The molecule has 0 saturated carbocycles. The Kier molecular flexibility index (Phi) is 14.4. The summed E-state index contributed by atoms with van der Waals surface area (Å²) in [7, 11) is 0. The number of carbonyl (C=O) groups excluding carboxylic acids is 6. The maximum Gasteiger partial charge on any atom is 0.266 e. The van der Waals surface area contributed by atoms with Gasteiger partial charge in [-0.05, 0) is 61.4 Å². The Labute approximate surface area is 359 Å². The van der Waals surface area contributed by atoms with E-state index in [1.165, 1.54) is 12.1 Å². The van der Waals surface area contributed by atoms with E-state index in [-0.39, 0.29) is 54.2 Å². The molecule has 15 heteroatoms. The Morgan fingerprint density at radius 1 is 0.803 bits per heavy atom. The van der Waals surface area contributed by atoms with Gasteiger partial charge in [0.25, 0.3) is 17.7 Å². The maximum atomic E-state index is 13.2. The number of hydrogen-bond acceptors (Lipinski definition) is 10. The molecule has 0 bridgehead atoms. The zero-order valence-corrected chi connectivity index (χ0v) is 34.8. The molecule has 1 aromatic heterocycles. The summed E-state index contributed by atoms with van der Waals surface area (Å²) >= 11 is 6.55. The van der Waals surface area contributed by atoms with Crippen LogP contribution >= 0.6 is 11.6 Å². The van der Waals surface area contributed by atoms with Crippen molar-refractivity contribution in [2.24, 2.45) is 0 Å². The van der Waals surface area contributed by atoms with Crippen LogP contribution in [0, 0.1) is 0 Å². The molecule has 318 valence electrons. The molecule has 0 aliphatic carbocycles. The number of nitrogens with one attached hydrogen (secondary N) is 3. The Morgan fingerprint density at radius 2 is 1.51 bits per heavy atom. The third-order valence-corrected chi connectivity index (χ3v) is 11.6. The second-order valence-corrected chi connectivity index (χ2v) is 16.0. The van der Waals surface area contributed by atoms with E-state index < -0.39 is 29.7 Å². The molecule has 3 aliphatic rings. The van der Waals surface area contributed by atoms with Crippen molar-refractivity contribution in [1.82, 2.24) is 30.4 Å². The molecule has 3 aliphatic heterocycles. The number of likely N-dealkylation sites (tertiary alicyclic amines) is 1. The molecule has 4 heterocycles. The molecule has 0 radical (unpaired) electrons. The van der Waals surface area contributed by atoms with Gasteiger partial charge in [0, 0.05) is 44.1 Å². The lowest BCUT2D eigenvalue weighted by molar-refractivity contribution is -0.136. The predicted octanol–water partition coefficient (Wildman–Crippen LogP) is 6.58. The summed E-state index contributed by atoms with van der Waals surface area (Å²) in [4.78, 5) is 87.7. The third-order valence-electron chi connectivity index (χ3n) is 11.3. The smallest absolute Gasteiger partial charge is 0.266 e. The number of anilines is 1. The van der Waals surface area contributed by atoms with Crippen LogP contribution in [0.3, 0.4) is 0 Å². The molecule has 3 N–H and O–H groups in total. The van der Waals surface area contributed by atoms with Gasteiger partial charge < -0.3 is 20.3 Å². The first kappa shape index (κ1) is 43.0. The number of rotatable bonds is 18. The largest absolute Gasteiger partial charge is 0.483 e. The highest BCUT2D eigenvalue weighted by Crippen LogP contribution is 2.34. The molecule has 0 spiro atoms. The molecule has 7 rings (SSSR count). The van der Waals surface area contributed by atoms with E-state index >= 15 is 0 Å². The number of ether oxygens (including phenoxy) is 1. The van der Waals surface area contributed by atoms with Gasteiger partial charge in [0.1, 0.15) is 11.8 Å². The lowest BCUT2D eigenvalue weighted by Crippen LogP contribution is -2.54. The SMILES string of the molecule is O=C(COc1cccc2c1C(=O)N(C1CCC(=O)NC1=O)C2=O)NCCCCCCCCCC(=O)N1CCC(Nc2ncc(Cl)c(-c3cccc(-c4ccccc4)c3)n2)CC1. The first-order valence-electron chi connectivity index (χ1n) is 21.1. The minimum atomic E-state index is -1.08. The number of nitrogens with zero attached hydrogens (tertiary/aromatic N) is 4. The van der Waals surface area contributed by atoms with Gasteiger partial charge in [0.2, 0.25) is 23.7 Å². The minimum absolute atomic E-state index is 0.00486. The Bertz CT molecular complexity index is 2260. The second kappa shape index (κ2) is 20.4. The molecular formula is C46H50ClN7O7. The number of aromatic nitrogens is 2. The summed E-state index contributed by atoms with van der Waals surface area (Å²) in [5.74, 6) is -2.01. The van der Waals surface area contributed by atoms with Crippen LogP contribution < -0.4 is 20.7 Å². The van der Waals surface area contributed by atoms with Crippen molar-refractivity contribution in [1.29, 1.82) is 0 Å². The van der Waals surface area contributed by atoms with Crippen LogP contribution in [-0.4, -0.2) is 93.5 Å². The Morgan fingerprint density at radius 3 is 2.28 bits per heavy atom. The summed E-state index contributed by atoms with van der Waals surface area (Å²) in [6.07, 6.45) is 10.6. The van der Waals surface area contributed by atoms with Crippen molar-refractivity contribution < 1.29 is 33.5 Å². The van der Waals surface area contributed by atoms with E-state index in [2.05, 4.69) is 45.2 Å². The second-order valence-electron chi connectivity index (χ2n) is 15.6. The van der Waals surface area contributed by atoms with Crippen LogP contribution in [0.2, 0.25) is 5.02 Å². The van der Waals surface area contributed by atoms with Gasteiger partial charge in [-0.15, -0.1) is 0 Å².